The number of amides is 2. The highest BCUT2D eigenvalue weighted by molar-refractivity contribution is 6.31. The summed E-state index contributed by atoms with van der Waals surface area (Å²) in [6.07, 6.45) is 3.05. The van der Waals surface area contributed by atoms with Crippen LogP contribution in [0.4, 0.5) is 14.5 Å². The van der Waals surface area contributed by atoms with Crippen LogP contribution in [0.2, 0.25) is 5.02 Å². The summed E-state index contributed by atoms with van der Waals surface area (Å²) in [5, 5.41) is 12.1. The molecule has 0 aromatic heterocycles. The molecule has 3 N–H and O–H groups in total. The van der Waals surface area contributed by atoms with Gasteiger partial charge in [0.2, 0.25) is 0 Å². The molecule has 0 radical (unpaired) electrons. The van der Waals surface area contributed by atoms with Crippen LogP contribution in [-0.4, -0.2) is 28.8 Å². The van der Waals surface area contributed by atoms with Gasteiger partial charge in [-0.25, -0.2) is 8.78 Å². The molecule has 1 fully saturated rings. The molecule has 1 aliphatic carbocycles. The number of nitrogens with one attached hydrogen (secondary N) is 1. The topological polar surface area (TPSA) is 99.2 Å². The van der Waals surface area contributed by atoms with Crippen LogP contribution in [-0.2, 0) is 6.54 Å². The Labute approximate surface area is 218 Å². The molecule has 0 bridgehead atoms. The average Bonchev–Trinajstić information content (AvgIpc) is 2.88. The minimum atomic E-state index is -0.855. The molecule has 0 saturated heterocycles. The number of carbonyl (C=O) groups excluding carboxylic acids is 2. The minimum Gasteiger partial charge on any atom is -0.331 e. The molecule has 6 nitrogen and oxygen atoms in total. The number of carbonyl (C=O) groups is 2. The van der Waals surface area contributed by atoms with Gasteiger partial charge < -0.3 is 16.0 Å². The molecule has 3 aromatic rings. The van der Waals surface area contributed by atoms with E-state index in [0.29, 0.717) is 33.5 Å². The summed E-state index contributed by atoms with van der Waals surface area (Å²) >= 11 is 6.48. The largest absolute Gasteiger partial charge is 0.331 e. The van der Waals surface area contributed by atoms with Crippen LogP contribution in [0.25, 0.3) is 0 Å². The first-order valence-corrected chi connectivity index (χ1v) is 12.2. The Bertz CT molecular complexity index is 1330. The Morgan fingerprint density at radius 1 is 0.973 bits per heavy atom. The highest BCUT2D eigenvalue weighted by Gasteiger charge is 2.29. The molecule has 0 spiro atoms. The van der Waals surface area contributed by atoms with Crippen molar-refractivity contribution < 1.29 is 18.4 Å². The third-order valence-corrected chi connectivity index (χ3v) is 6.84. The van der Waals surface area contributed by atoms with Crippen molar-refractivity contribution in [2.24, 2.45) is 5.73 Å². The zero-order valence-electron chi connectivity index (χ0n) is 19.9. The molecule has 0 heterocycles. The first kappa shape index (κ1) is 26.3. The zero-order valence-corrected chi connectivity index (χ0v) is 20.6. The molecule has 2 amide bonds. The smallest absolute Gasteiger partial charge is 0.255 e. The summed E-state index contributed by atoms with van der Waals surface area (Å²) in [7, 11) is 0. The molecule has 1 aliphatic rings. The maximum atomic E-state index is 13.6. The summed E-state index contributed by atoms with van der Waals surface area (Å²) in [5.74, 6) is -2.60. The van der Waals surface area contributed by atoms with Gasteiger partial charge in [0.1, 0.15) is 11.6 Å². The van der Waals surface area contributed by atoms with E-state index in [9.17, 15) is 18.4 Å². The van der Waals surface area contributed by atoms with Gasteiger partial charge in [-0.05, 0) is 85.8 Å². The third-order valence-electron chi connectivity index (χ3n) is 6.47. The van der Waals surface area contributed by atoms with E-state index in [1.165, 1.54) is 0 Å². The van der Waals surface area contributed by atoms with Crippen LogP contribution in [0.1, 0.15) is 57.5 Å². The summed E-state index contributed by atoms with van der Waals surface area (Å²) in [5.41, 5.74) is 7.79. The van der Waals surface area contributed by atoms with Gasteiger partial charge in [-0.1, -0.05) is 11.6 Å². The van der Waals surface area contributed by atoms with Gasteiger partial charge in [0.05, 0.1) is 11.6 Å². The zero-order chi connectivity index (χ0) is 26.5. The first-order valence-electron chi connectivity index (χ1n) is 11.9. The van der Waals surface area contributed by atoms with Gasteiger partial charge in [-0.3, -0.25) is 9.59 Å². The monoisotopic (exact) mass is 522 g/mol. The Morgan fingerprint density at radius 2 is 1.62 bits per heavy atom. The van der Waals surface area contributed by atoms with Crippen molar-refractivity contribution in [3.63, 3.8) is 0 Å². The molecule has 0 atom stereocenters. The number of nitriles is 1. The van der Waals surface area contributed by atoms with Gasteiger partial charge in [-0.2, -0.15) is 5.26 Å². The van der Waals surface area contributed by atoms with E-state index in [4.69, 9.17) is 22.6 Å². The van der Waals surface area contributed by atoms with Crippen LogP contribution < -0.4 is 11.1 Å². The third kappa shape index (κ3) is 6.50. The summed E-state index contributed by atoms with van der Waals surface area (Å²) in [6, 6.07) is 15.9. The maximum absolute atomic E-state index is 13.6. The van der Waals surface area contributed by atoms with Crippen LogP contribution in [0.3, 0.4) is 0 Å². The van der Waals surface area contributed by atoms with E-state index in [0.717, 1.165) is 37.8 Å². The fourth-order valence-electron chi connectivity index (χ4n) is 4.48. The molecule has 4 rings (SSSR count). The predicted octanol–water partition coefficient (Wildman–Crippen LogP) is 5.65. The summed E-state index contributed by atoms with van der Waals surface area (Å²) in [4.78, 5) is 27.9. The van der Waals surface area contributed by atoms with Gasteiger partial charge in [0.15, 0.2) is 0 Å². The van der Waals surface area contributed by atoms with Gasteiger partial charge >= 0.3 is 0 Å². The van der Waals surface area contributed by atoms with Gasteiger partial charge in [0, 0.05) is 46.5 Å². The molecular formula is C28H25ClF2N4O2. The van der Waals surface area contributed by atoms with E-state index >= 15 is 0 Å². The van der Waals surface area contributed by atoms with Crippen LogP contribution >= 0.6 is 11.6 Å². The van der Waals surface area contributed by atoms with Crippen molar-refractivity contribution in [1.29, 1.82) is 5.26 Å². The van der Waals surface area contributed by atoms with Crippen molar-refractivity contribution in [3.8, 4) is 6.07 Å². The van der Waals surface area contributed by atoms with E-state index in [1.54, 1.807) is 47.4 Å². The van der Waals surface area contributed by atoms with Crippen LogP contribution in [0.5, 0.6) is 0 Å². The SMILES string of the molecule is N#Cc1ccc(C(=O)N(Cc2cc(NC(=O)c3cc(F)cc(F)c3)ccc2Cl)C2CCC(N)CC2)cc1. The highest BCUT2D eigenvalue weighted by atomic mass is 35.5. The number of halogens is 3. The lowest BCUT2D eigenvalue weighted by Crippen LogP contribution is -2.44. The van der Waals surface area contributed by atoms with Gasteiger partial charge in [0.25, 0.3) is 11.8 Å². The Morgan fingerprint density at radius 3 is 2.24 bits per heavy atom. The predicted molar refractivity (Wildman–Crippen MR) is 137 cm³/mol. The second-order valence-corrected chi connectivity index (χ2v) is 9.52. The Kier molecular flexibility index (Phi) is 8.17. The quantitative estimate of drug-likeness (QED) is 0.436. The fourth-order valence-corrected chi connectivity index (χ4v) is 4.66. The van der Waals surface area contributed by atoms with Crippen LogP contribution in [0.15, 0.2) is 60.7 Å². The number of rotatable bonds is 6. The van der Waals surface area contributed by atoms with Crippen molar-refractivity contribution in [3.05, 3.63) is 99.6 Å². The number of anilines is 1. The standard InChI is InChI=1S/C28H25ClF2N4O2/c29-26-10-7-24(34-27(36)19-11-21(30)14-22(31)12-19)13-20(26)16-35(25-8-5-23(33)6-9-25)28(37)18-3-1-17(15-32)2-4-18/h1-4,7,10-14,23,25H,5-6,8-9,16,33H2,(H,34,36). The van der Waals surface area contributed by atoms with Crippen molar-refractivity contribution >= 4 is 29.1 Å². The molecule has 3 aromatic carbocycles. The van der Waals surface area contributed by atoms with E-state index in [1.807, 2.05) is 6.07 Å². The van der Waals surface area contributed by atoms with Crippen molar-refractivity contribution in [2.45, 2.75) is 44.3 Å². The lowest BCUT2D eigenvalue weighted by Gasteiger charge is -2.36. The summed E-state index contributed by atoms with van der Waals surface area (Å²) in [6.45, 7) is 0.176. The second-order valence-electron chi connectivity index (χ2n) is 9.11. The highest BCUT2D eigenvalue weighted by Crippen LogP contribution is 2.29. The molecule has 190 valence electrons. The van der Waals surface area contributed by atoms with Crippen LogP contribution in [0, 0.1) is 23.0 Å². The number of benzene rings is 3. The average molecular weight is 523 g/mol. The molecule has 37 heavy (non-hydrogen) atoms. The molecule has 9 heteroatoms. The lowest BCUT2D eigenvalue weighted by atomic mass is 9.90. The normalized spacial score (nSPS) is 17.1. The second kappa shape index (κ2) is 11.5. The maximum Gasteiger partial charge on any atom is 0.255 e. The van der Waals surface area contributed by atoms with Gasteiger partial charge in [-0.15, -0.1) is 0 Å². The molecule has 1 saturated carbocycles. The minimum absolute atomic E-state index is 0.0625. The first-order chi connectivity index (χ1) is 17.7. The van der Waals surface area contributed by atoms with Crippen molar-refractivity contribution in [1.82, 2.24) is 4.90 Å². The van der Waals surface area contributed by atoms with E-state index < -0.39 is 17.5 Å². The fraction of sp³-hybridized carbons (Fsp3) is 0.250. The van der Waals surface area contributed by atoms with E-state index in [-0.39, 0.29) is 30.1 Å². The number of hydrogen-bond donors (Lipinski definition) is 2. The lowest BCUT2D eigenvalue weighted by molar-refractivity contribution is 0.0606. The number of nitrogens with two attached hydrogens (primary N) is 1. The molecule has 0 aliphatic heterocycles. The molecule has 0 unspecified atom stereocenters. The Balaban J connectivity index is 1.59. The Hall–Kier alpha value is -3.80. The molecular weight excluding hydrogens is 498 g/mol. The summed E-state index contributed by atoms with van der Waals surface area (Å²) < 4.78 is 27.1. The number of hydrogen-bond acceptors (Lipinski definition) is 4. The van der Waals surface area contributed by atoms with Crippen molar-refractivity contribution in [2.75, 3.05) is 5.32 Å². The number of nitrogens with zero attached hydrogens (tertiary/aromatic N) is 2. The van der Waals surface area contributed by atoms with E-state index in [2.05, 4.69) is 5.32 Å².